The lowest BCUT2D eigenvalue weighted by Gasteiger charge is -2.24. The van der Waals surface area contributed by atoms with Gasteiger partial charge < -0.3 is 10.3 Å². The molecular weight excluding hydrogens is 274 g/mol. The van der Waals surface area contributed by atoms with Crippen LogP contribution in [0, 0.1) is 4.77 Å². The van der Waals surface area contributed by atoms with Crippen LogP contribution in [0.3, 0.4) is 0 Å². The zero-order valence-corrected chi connectivity index (χ0v) is 12.6. The molecule has 2 N–H and O–H groups in total. The van der Waals surface area contributed by atoms with Gasteiger partial charge in [0.05, 0.1) is 11.7 Å². The first-order valence-corrected chi connectivity index (χ1v) is 7.45. The molecule has 1 unspecified atom stereocenters. The van der Waals surface area contributed by atoms with Crippen molar-refractivity contribution in [3.05, 3.63) is 10.5 Å². The molecule has 1 atom stereocenters. The van der Waals surface area contributed by atoms with Crippen LogP contribution < -0.4 is 5.32 Å². The Labute approximate surface area is 122 Å². The van der Waals surface area contributed by atoms with E-state index >= 15 is 0 Å². The van der Waals surface area contributed by atoms with Gasteiger partial charge in [0.1, 0.15) is 5.52 Å². The van der Waals surface area contributed by atoms with Gasteiger partial charge in [0.25, 0.3) is 0 Å². The lowest BCUT2D eigenvalue weighted by atomic mass is 10.1. The molecule has 2 aromatic heterocycles. The molecule has 1 aliphatic rings. The molecule has 2 aromatic rings. The number of H-pyrrole nitrogens is 1. The quantitative estimate of drug-likeness (QED) is 0.849. The van der Waals surface area contributed by atoms with Gasteiger partial charge in [-0.1, -0.05) is 13.3 Å². The number of nitrogens with zero attached hydrogens (tertiary/aromatic N) is 3. The minimum absolute atomic E-state index is 0.122. The Morgan fingerprint density at radius 2 is 2.30 bits per heavy atom. The fraction of sp³-hybridized carbons (Fsp3) is 0.615. The van der Waals surface area contributed by atoms with E-state index in [-0.39, 0.29) is 11.9 Å². The number of nitrogens with one attached hydrogen (secondary N) is 2. The molecule has 0 aromatic carbocycles. The summed E-state index contributed by atoms with van der Waals surface area (Å²) >= 11 is 5.47. The van der Waals surface area contributed by atoms with Crippen molar-refractivity contribution in [2.24, 2.45) is 7.05 Å². The first-order valence-electron chi connectivity index (χ1n) is 7.04. The van der Waals surface area contributed by atoms with Crippen LogP contribution >= 0.6 is 12.2 Å². The Morgan fingerprint density at radius 3 is 2.95 bits per heavy atom. The summed E-state index contributed by atoms with van der Waals surface area (Å²) < 4.78 is 4.71. The molecule has 1 aliphatic heterocycles. The van der Waals surface area contributed by atoms with Gasteiger partial charge in [0.2, 0.25) is 5.91 Å². The third-order valence-corrected chi connectivity index (χ3v) is 4.16. The standard InChI is InChI=1S/C13H19N5OS/c1-3-4-9-11-12(17(2)16-9)18(13(20)15-11)8-5-6-10(19)14-7-8/h8H,3-7H2,1-2H3,(H,14,19)(H,15,20). The van der Waals surface area contributed by atoms with E-state index in [1.54, 1.807) is 0 Å². The van der Waals surface area contributed by atoms with Crippen molar-refractivity contribution in [2.45, 2.75) is 38.6 Å². The Bertz CT molecular complexity index is 700. The average Bonchev–Trinajstić information content (AvgIpc) is 2.90. The summed E-state index contributed by atoms with van der Waals surface area (Å²) in [5.41, 5.74) is 3.13. The maximum absolute atomic E-state index is 11.3. The molecule has 3 rings (SSSR count). The molecule has 20 heavy (non-hydrogen) atoms. The fourth-order valence-electron chi connectivity index (χ4n) is 2.93. The number of fused-ring (bicyclic) bond motifs is 1. The highest BCUT2D eigenvalue weighted by Gasteiger charge is 2.24. The van der Waals surface area contributed by atoms with Crippen molar-refractivity contribution in [1.82, 2.24) is 24.6 Å². The van der Waals surface area contributed by atoms with Crippen LogP contribution in [0.1, 0.15) is 37.9 Å². The smallest absolute Gasteiger partial charge is 0.220 e. The molecule has 1 saturated heterocycles. The van der Waals surface area contributed by atoms with Gasteiger partial charge in [-0.25, -0.2) is 0 Å². The van der Waals surface area contributed by atoms with E-state index in [4.69, 9.17) is 12.2 Å². The van der Waals surface area contributed by atoms with E-state index < -0.39 is 0 Å². The highest BCUT2D eigenvalue weighted by atomic mass is 32.1. The number of aryl methyl sites for hydroxylation is 2. The van der Waals surface area contributed by atoms with Gasteiger partial charge in [-0.05, 0) is 25.1 Å². The van der Waals surface area contributed by atoms with E-state index in [0.29, 0.717) is 17.7 Å². The average molecular weight is 293 g/mol. The molecule has 0 spiro atoms. The lowest BCUT2D eigenvalue weighted by molar-refractivity contribution is -0.122. The number of hydrogen-bond acceptors (Lipinski definition) is 3. The zero-order chi connectivity index (χ0) is 14.3. The Morgan fingerprint density at radius 1 is 1.50 bits per heavy atom. The van der Waals surface area contributed by atoms with Crippen LogP contribution in [0.25, 0.3) is 11.2 Å². The number of hydrogen-bond donors (Lipinski definition) is 2. The van der Waals surface area contributed by atoms with Gasteiger partial charge >= 0.3 is 0 Å². The van der Waals surface area contributed by atoms with E-state index in [0.717, 1.165) is 36.1 Å². The van der Waals surface area contributed by atoms with Gasteiger partial charge in [0.15, 0.2) is 10.4 Å². The molecule has 3 heterocycles. The number of piperidine rings is 1. The largest absolute Gasteiger partial charge is 0.354 e. The van der Waals surface area contributed by atoms with Crippen LogP contribution in [-0.4, -0.2) is 31.8 Å². The summed E-state index contributed by atoms with van der Waals surface area (Å²) in [6, 6.07) is 0.207. The maximum atomic E-state index is 11.3. The van der Waals surface area contributed by atoms with Crippen molar-refractivity contribution in [3.63, 3.8) is 0 Å². The summed E-state index contributed by atoms with van der Waals surface area (Å²) in [6.45, 7) is 2.77. The number of imidazole rings is 1. The van der Waals surface area contributed by atoms with Gasteiger partial charge in [-0.15, -0.1) is 0 Å². The Hall–Kier alpha value is -1.63. The van der Waals surface area contributed by atoms with Crippen LogP contribution in [0.4, 0.5) is 0 Å². The lowest BCUT2D eigenvalue weighted by Crippen LogP contribution is -2.36. The molecule has 6 nitrogen and oxygen atoms in total. The number of carbonyl (C=O) groups is 1. The van der Waals surface area contributed by atoms with E-state index in [9.17, 15) is 4.79 Å². The highest BCUT2D eigenvalue weighted by Crippen LogP contribution is 2.26. The minimum Gasteiger partial charge on any atom is -0.354 e. The van der Waals surface area contributed by atoms with Gasteiger partial charge in [-0.2, -0.15) is 5.10 Å². The summed E-state index contributed by atoms with van der Waals surface area (Å²) in [6.07, 6.45) is 3.37. The molecule has 108 valence electrons. The van der Waals surface area contributed by atoms with Crippen LogP contribution in [0.2, 0.25) is 0 Å². The summed E-state index contributed by atoms with van der Waals surface area (Å²) in [5.74, 6) is 0.122. The molecular formula is C13H19N5OS. The number of amides is 1. The van der Waals surface area contributed by atoms with Crippen LogP contribution in [0.5, 0.6) is 0 Å². The predicted molar refractivity (Wildman–Crippen MR) is 79.2 cm³/mol. The normalized spacial score (nSPS) is 19.5. The third kappa shape index (κ3) is 2.06. The molecule has 0 radical (unpaired) electrons. The summed E-state index contributed by atoms with van der Waals surface area (Å²) in [4.78, 5) is 14.6. The summed E-state index contributed by atoms with van der Waals surface area (Å²) in [7, 11) is 1.95. The molecule has 0 aliphatic carbocycles. The van der Waals surface area contributed by atoms with Crippen molar-refractivity contribution in [2.75, 3.05) is 6.54 Å². The van der Waals surface area contributed by atoms with Gasteiger partial charge in [-0.3, -0.25) is 14.0 Å². The topological polar surface area (TPSA) is 67.6 Å². The van der Waals surface area contributed by atoms with Crippen molar-refractivity contribution in [3.8, 4) is 0 Å². The minimum atomic E-state index is 0.122. The number of carbonyl (C=O) groups excluding carboxylic acids is 1. The fourth-order valence-corrected chi connectivity index (χ4v) is 3.27. The van der Waals surface area contributed by atoms with Crippen LogP contribution in [0.15, 0.2) is 0 Å². The number of aromatic nitrogens is 4. The van der Waals surface area contributed by atoms with Crippen molar-refractivity contribution in [1.29, 1.82) is 0 Å². The Balaban J connectivity index is 2.09. The summed E-state index contributed by atoms with van der Waals surface area (Å²) in [5, 5.41) is 7.50. The highest BCUT2D eigenvalue weighted by molar-refractivity contribution is 7.71. The predicted octanol–water partition coefficient (Wildman–Crippen LogP) is 1.84. The van der Waals surface area contributed by atoms with E-state index in [1.807, 2.05) is 11.7 Å². The molecule has 0 bridgehead atoms. The monoisotopic (exact) mass is 293 g/mol. The molecule has 1 amide bonds. The molecule has 0 saturated carbocycles. The van der Waals surface area contributed by atoms with E-state index in [1.165, 1.54) is 0 Å². The van der Waals surface area contributed by atoms with Crippen molar-refractivity contribution >= 4 is 29.3 Å². The second-order valence-corrected chi connectivity index (χ2v) is 5.70. The number of rotatable bonds is 3. The molecule has 1 fully saturated rings. The first kappa shape index (κ1) is 13.4. The second kappa shape index (κ2) is 5.05. The van der Waals surface area contributed by atoms with Crippen molar-refractivity contribution < 1.29 is 4.79 Å². The maximum Gasteiger partial charge on any atom is 0.220 e. The Kier molecular flexibility index (Phi) is 3.37. The third-order valence-electron chi connectivity index (χ3n) is 3.86. The zero-order valence-electron chi connectivity index (χ0n) is 11.8. The number of aromatic amines is 1. The van der Waals surface area contributed by atoms with E-state index in [2.05, 4.69) is 26.9 Å². The second-order valence-electron chi connectivity index (χ2n) is 5.32. The van der Waals surface area contributed by atoms with Gasteiger partial charge in [0, 0.05) is 20.0 Å². The SMILES string of the molecule is CCCc1nn(C)c2c1[nH]c(=S)n2C1CCC(=O)NC1. The van der Waals surface area contributed by atoms with Crippen LogP contribution in [-0.2, 0) is 18.3 Å². The molecule has 7 heteroatoms. The first-order chi connectivity index (χ1) is 9.61.